The van der Waals surface area contributed by atoms with Gasteiger partial charge in [0.15, 0.2) is 6.23 Å². The molecule has 3 fully saturated rings. The highest BCUT2D eigenvalue weighted by atomic mass is 35.5. The van der Waals surface area contributed by atoms with Crippen molar-refractivity contribution in [3.8, 4) is 0 Å². The maximum atomic E-state index is 11.1. The van der Waals surface area contributed by atoms with Crippen molar-refractivity contribution in [1.82, 2.24) is 20.2 Å². The molecule has 154 valence electrons. The molecule has 4 aliphatic rings. The molecular formula is C23H24ClN5O. The van der Waals surface area contributed by atoms with Gasteiger partial charge in [-0.05, 0) is 62.2 Å². The van der Waals surface area contributed by atoms with E-state index >= 15 is 0 Å². The fourth-order valence-corrected chi connectivity index (χ4v) is 5.32. The van der Waals surface area contributed by atoms with E-state index in [2.05, 4.69) is 20.5 Å². The van der Waals surface area contributed by atoms with E-state index in [-0.39, 0.29) is 0 Å². The fraction of sp³-hybridized carbons (Fsp3) is 0.348. The van der Waals surface area contributed by atoms with Gasteiger partial charge < -0.3 is 25.6 Å². The molecule has 2 aromatic carbocycles. The van der Waals surface area contributed by atoms with Crippen molar-refractivity contribution in [2.45, 2.75) is 25.1 Å². The van der Waals surface area contributed by atoms with Gasteiger partial charge in [-0.3, -0.25) is 0 Å². The first kappa shape index (κ1) is 18.2. The molecule has 3 aromatic rings. The van der Waals surface area contributed by atoms with E-state index in [0.717, 1.165) is 40.1 Å². The summed E-state index contributed by atoms with van der Waals surface area (Å²) in [6.45, 7) is 3.40. The zero-order chi connectivity index (χ0) is 20.2. The lowest BCUT2D eigenvalue weighted by molar-refractivity contribution is 0.0800. The van der Waals surface area contributed by atoms with Crippen molar-refractivity contribution in [2.24, 2.45) is 5.92 Å². The Morgan fingerprint density at radius 2 is 1.97 bits per heavy atom. The van der Waals surface area contributed by atoms with Gasteiger partial charge in [-0.2, -0.15) is 0 Å². The van der Waals surface area contributed by atoms with Crippen molar-refractivity contribution in [3.63, 3.8) is 0 Å². The summed E-state index contributed by atoms with van der Waals surface area (Å²) in [5.41, 5.74) is 5.32. The van der Waals surface area contributed by atoms with Crippen molar-refractivity contribution in [2.75, 3.05) is 25.0 Å². The molecule has 0 aliphatic carbocycles. The summed E-state index contributed by atoms with van der Waals surface area (Å²) in [4.78, 5) is 10.7. The highest BCUT2D eigenvalue weighted by Crippen LogP contribution is 2.39. The number of H-pyrrole nitrogens is 1. The minimum atomic E-state index is -0.872. The van der Waals surface area contributed by atoms with Gasteiger partial charge in [0.2, 0.25) is 0 Å². The van der Waals surface area contributed by atoms with E-state index in [1.807, 2.05) is 42.5 Å². The number of nitrogens with one attached hydrogen (secondary N) is 3. The zero-order valence-electron chi connectivity index (χ0n) is 16.5. The van der Waals surface area contributed by atoms with E-state index in [1.165, 1.54) is 25.9 Å². The lowest BCUT2D eigenvalue weighted by atomic mass is 9.83. The molecule has 2 bridgehead atoms. The molecule has 5 heterocycles. The Balaban J connectivity index is 1.51. The minimum Gasteiger partial charge on any atom is -0.380 e. The number of hydrogen-bond donors (Lipinski definition) is 4. The summed E-state index contributed by atoms with van der Waals surface area (Å²) >= 11 is 6.37. The molecule has 0 amide bonds. The largest absolute Gasteiger partial charge is 0.380 e. The van der Waals surface area contributed by atoms with Crippen LogP contribution in [-0.2, 0) is 0 Å². The van der Waals surface area contributed by atoms with Crippen molar-refractivity contribution in [3.05, 3.63) is 58.9 Å². The number of fused-ring (bicyclic) bond motifs is 5. The Morgan fingerprint density at radius 1 is 1.13 bits per heavy atom. The summed E-state index contributed by atoms with van der Waals surface area (Å²) in [5, 5.41) is 18.8. The second-order valence-electron chi connectivity index (χ2n) is 8.52. The standard InChI is InChI=1S/C23H24ClN5O/c24-14-5-6-16-15(11-14)21(25-19-12-29-9-7-13(19)8-10-29)20(23(30)28-16)22-26-17-3-1-2-4-18(17)27-22/h1-6,11,13,19,23,25,28,30H,7-10,12H2,(H,26,27). The first-order chi connectivity index (χ1) is 14.7. The van der Waals surface area contributed by atoms with E-state index in [0.29, 0.717) is 22.8 Å². The van der Waals surface area contributed by atoms with Crippen molar-refractivity contribution < 1.29 is 5.11 Å². The molecular weight excluding hydrogens is 398 g/mol. The monoisotopic (exact) mass is 421 g/mol. The fourth-order valence-electron chi connectivity index (χ4n) is 5.15. The first-order valence-corrected chi connectivity index (χ1v) is 11.0. The van der Waals surface area contributed by atoms with Gasteiger partial charge in [-0.1, -0.05) is 23.7 Å². The number of imidazole rings is 1. The van der Waals surface area contributed by atoms with Crippen LogP contribution in [-0.4, -0.2) is 51.9 Å². The van der Waals surface area contributed by atoms with Crippen molar-refractivity contribution >= 4 is 39.6 Å². The Bertz CT molecular complexity index is 1110. The third-order valence-electron chi connectivity index (χ3n) is 6.72. The lowest BCUT2D eigenvalue weighted by Gasteiger charge is -2.46. The Labute approximate surface area is 179 Å². The van der Waals surface area contributed by atoms with Gasteiger partial charge in [-0.25, -0.2) is 4.98 Å². The van der Waals surface area contributed by atoms with Gasteiger partial charge in [0.25, 0.3) is 0 Å². The number of nitrogens with zero attached hydrogens (tertiary/aromatic N) is 2. The molecule has 7 rings (SSSR count). The summed E-state index contributed by atoms with van der Waals surface area (Å²) < 4.78 is 0. The number of para-hydroxylation sites is 2. The quantitative estimate of drug-likeness (QED) is 0.520. The van der Waals surface area contributed by atoms with Crippen LogP contribution in [0.2, 0.25) is 5.02 Å². The van der Waals surface area contributed by atoms with E-state index < -0.39 is 6.23 Å². The number of hydrogen-bond acceptors (Lipinski definition) is 5. The Morgan fingerprint density at radius 3 is 2.73 bits per heavy atom. The second kappa shape index (κ2) is 7.01. The van der Waals surface area contributed by atoms with E-state index in [1.54, 1.807) is 0 Å². The number of aliphatic hydroxyl groups is 1. The van der Waals surface area contributed by atoms with Crippen LogP contribution in [0.3, 0.4) is 0 Å². The minimum absolute atomic E-state index is 0.346. The average molecular weight is 422 g/mol. The van der Waals surface area contributed by atoms with Crippen LogP contribution in [0.4, 0.5) is 5.69 Å². The molecule has 2 unspecified atom stereocenters. The van der Waals surface area contributed by atoms with Crippen LogP contribution < -0.4 is 10.6 Å². The van der Waals surface area contributed by atoms with Crippen LogP contribution in [0.15, 0.2) is 42.5 Å². The highest BCUT2D eigenvalue weighted by Gasteiger charge is 2.37. The van der Waals surface area contributed by atoms with Crippen molar-refractivity contribution in [1.29, 1.82) is 0 Å². The molecule has 0 saturated carbocycles. The van der Waals surface area contributed by atoms with Gasteiger partial charge in [0.05, 0.1) is 22.3 Å². The van der Waals surface area contributed by atoms with Gasteiger partial charge in [0, 0.05) is 28.9 Å². The van der Waals surface area contributed by atoms with Crippen LogP contribution >= 0.6 is 11.6 Å². The zero-order valence-corrected chi connectivity index (χ0v) is 17.3. The number of rotatable bonds is 3. The summed E-state index contributed by atoms with van der Waals surface area (Å²) in [5.74, 6) is 1.32. The summed E-state index contributed by atoms with van der Waals surface area (Å²) in [6, 6.07) is 14.0. The normalized spacial score (nSPS) is 27.8. The third kappa shape index (κ3) is 2.98. The van der Waals surface area contributed by atoms with E-state index in [4.69, 9.17) is 16.6 Å². The Hall–Kier alpha value is -2.54. The van der Waals surface area contributed by atoms with Gasteiger partial charge in [-0.15, -0.1) is 0 Å². The maximum Gasteiger partial charge on any atom is 0.156 e. The van der Waals surface area contributed by atoms with Crippen LogP contribution in [0.25, 0.3) is 22.3 Å². The van der Waals surface area contributed by atoms with Gasteiger partial charge >= 0.3 is 0 Å². The lowest BCUT2D eigenvalue weighted by Crippen LogP contribution is -2.56. The molecule has 7 heteroatoms. The molecule has 0 spiro atoms. The molecule has 4 aliphatic heterocycles. The smallest absolute Gasteiger partial charge is 0.156 e. The predicted molar refractivity (Wildman–Crippen MR) is 120 cm³/mol. The number of piperidine rings is 3. The molecule has 2 atom stereocenters. The molecule has 0 radical (unpaired) electrons. The maximum absolute atomic E-state index is 11.1. The number of aromatic nitrogens is 2. The number of aromatic amines is 1. The highest BCUT2D eigenvalue weighted by molar-refractivity contribution is 6.31. The van der Waals surface area contributed by atoms with Crippen LogP contribution in [0.1, 0.15) is 24.2 Å². The predicted octanol–water partition coefficient (Wildman–Crippen LogP) is 3.51. The average Bonchev–Trinajstić information content (AvgIpc) is 3.19. The van der Waals surface area contributed by atoms with Crippen LogP contribution in [0.5, 0.6) is 0 Å². The SMILES string of the molecule is OC1Nc2ccc(Cl)cc2C(NC2CN3CCC2CC3)=C1c1nc2ccccc2[nH]1. The number of halogens is 1. The van der Waals surface area contributed by atoms with E-state index in [9.17, 15) is 5.11 Å². The number of aliphatic hydroxyl groups excluding tert-OH is 1. The molecule has 1 aromatic heterocycles. The number of anilines is 1. The Kier molecular flexibility index (Phi) is 4.26. The number of benzene rings is 2. The first-order valence-electron chi connectivity index (χ1n) is 10.6. The van der Waals surface area contributed by atoms with Gasteiger partial charge in [0.1, 0.15) is 5.82 Å². The molecule has 3 saturated heterocycles. The second-order valence-corrected chi connectivity index (χ2v) is 8.95. The topological polar surface area (TPSA) is 76.2 Å². The molecule has 4 N–H and O–H groups in total. The summed E-state index contributed by atoms with van der Waals surface area (Å²) in [7, 11) is 0. The molecule has 30 heavy (non-hydrogen) atoms. The van der Waals surface area contributed by atoms with Crippen LogP contribution in [0, 0.1) is 5.92 Å². The third-order valence-corrected chi connectivity index (χ3v) is 6.95. The summed E-state index contributed by atoms with van der Waals surface area (Å²) in [6.07, 6.45) is 1.56. The molecule has 6 nitrogen and oxygen atoms in total.